The molecule has 0 saturated heterocycles. The number of furan rings is 1. The van der Waals surface area contributed by atoms with Gasteiger partial charge in [0.05, 0.1) is 12.5 Å². The smallest absolute Gasteiger partial charge is 0.0983 e. The summed E-state index contributed by atoms with van der Waals surface area (Å²) < 4.78 is 5.19. The molecule has 1 aromatic heterocycles. The number of hydrogen-bond donors (Lipinski definition) is 0. The fraction of sp³-hybridized carbons (Fsp3) is 0.167. The Bertz CT molecular complexity index is 431. The van der Waals surface area contributed by atoms with Gasteiger partial charge in [0.2, 0.25) is 0 Å². The number of rotatable bonds is 2. The van der Waals surface area contributed by atoms with E-state index in [1.54, 1.807) is 12.5 Å². The zero-order valence-electron chi connectivity index (χ0n) is 7.96. The minimum atomic E-state index is 0.755. The molecule has 0 radical (unpaired) electrons. The largest absolute Gasteiger partial charge is 0.472 e. The Labute approximate surface area is 88.3 Å². The van der Waals surface area contributed by atoms with Crippen LogP contribution in [0, 0.1) is 0 Å². The van der Waals surface area contributed by atoms with E-state index in [0.717, 1.165) is 22.6 Å². The molecule has 0 spiro atoms. The number of aryl methyl sites for hydroxylation is 1. The normalized spacial score (nSPS) is 10.4. The van der Waals surface area contributed by atoms with E-state index in [-0.39, 0.29) is 0 Å². The van der Waals surface area contributed by atoms with Gasteiger partial charge in [-0.2, -0.15) is 0 Å². The molecule has 0 aliphatic rings. The Balaban J connectivity index is 2.49. The maximum absolute atomic E-state index is 5.93. The topological polar surface area (TPSA) is 13.1 Å². The van der Waals surface area contributed by atoms with Crippen LogP contribution in [-0.2, 0) is 6.42 Å². The Hall–Kier alpha value is -1.21. The molecule has 0 saturated carbocycles. The molecule has 0 fully saturated rings. The second-order valence-electron chi connectivity index (χ2n) is 3.17. The molecule has 1 heterocycles. The highest BCUT2D eigenvalue weighted by molar-refractivity contribution is 6.30. The molecular weight excluding hydrogens is 196 g/mol. The third kappa shape index (κ3) is 1.68. The monoisotopic (exact) mass is 206 g/mol. The van der Waals surface area contributed by atoms with E-state index in [2.05, 4.69) is 6.92 Å². The molecule has 1 nitrogen and oxygen atoms in total. The van der Waals surface area contributed by atoms with Gasteiger partial charge in [0.25, 0.3) is 0 Å². The van der Waals surface area contributed by atoms with Crippen LogP contribution in [0.2, 0.25) is 5.02 Å². The van der Waals surface area contributed by atoms with Gasteiger partial charge in [-0.05, 0) is 29.7 Å². The van der Waals surface area contributed by atoms with Crippen LogP contribution >= 0.6 is 11.6 Å². The summed E-state index contributed by atoms with van der Waals surface area (Å²) in [5.41, 5.74) is 3.46. The molecular formula is C12H11ClO. The van der Waals surface area contributed by atoms with Crippen molar-refractivity contribution in [1.82, 2.24) is 0 Å². The van der Waals surface area contributed by atoms with E-state index in [9.17, 15) is 0 Å². The van der Waals surface area contributed by atoms with Crippen molar-refractivity contribution in [2.24, 2.45) is 0 Å². The highest BCUT2D eigenvalue weighted by Gasteiger charge is 2.05. The van der Waals surface area contributed by atoms with E-state index >= 15 is 0 Å². The third-order valence-corrected chi connectivity index (χ3v) is 2.49. The van der Waals surface area contributed by atoms with Crippen molar-refractivity contribution in [3.05, 3.63) is 47.4 Å². The molecule has 0 N–H and O–H groups in total. The van der Waals surface area contributed by atoms with Crippen LogP contribution in [0.25, 0.3) is 11.1 Å². The summed E-state index contributed by atoms with van der Waals surface area (Å²) in [4.78, 5) is 0. The molecule has 2 heteroatoms. The minimum absolute atomic E-state index is 0.755. The summed E-state index contributed by atoms with van der Waals surface area (Å²) in [5, 5.41) is 0.755. The summed E-state index contributed by atoms with van der Waals surface area (Å²) in [6, 6.07) is 7.81. The highest BCUT2D eigenvalue weighted by Crippen LogP contribution is 2.27. The van der Waals surface area contributed by atoms with Crippen LogP contribution in [0.4, 0.5) is 0 Å². The first-order valence-corrected chi connectivity index (χ1v) is 5.00. The molecule has 0 atom stereocenters. The van der Waals surface area contributed by atoms with Gasteiger partial charge >= 0.3 is 0 Å². The molecule has 0 amide bonds. The first kappa shape index (κ1) is 9.35. The fourth-order valence-electron chi connectivity index (χ4n) is 1.51. The lowest BCUT2D eigenvalue weighted by molar-refractivity contribution is 0.565. The Morgan fingerprint density at radius 2 is 2.14 bits per heavy atom. The number of hydrogen-bond acceptors (Lipinski definition) is 1. The first-order chi connectivity index (χ1) is 6.81. The molecule has 1 aromatic carbocycles. The molecule has 14 heavy (non-hydrogen) atoms. The van der Waals surface area contributed by atoms with Crippen molar-refractivity contribution in [1.29, 1.82) is 0 Å². The van der Waals surface area contributed by atoms with Crippen LogP contribution in [0.3, 0.4) is 0 Å². The second-order valence-corrected chi connectivity index (χ2v) is 3.61. The van der Waals surface area contributed by atoms with Crippen molar-refractivity contribution >= 4 is 11.6 Å². The lowest BCUT2D eigenvalue weighted by atomic mass is 10.0. The average Bonchev–Trinajstić information content (AvgIpc) is 2.65. The van der Waals surface area contributed by atoms with Gasteiger partial charge in [0, 0.05) is 10.6 Å². The molecule has 72 valence electrons. The maximum atomic E-state index is 5.93. The van der Waals surface area contributed by atoms with Gasteiger partial charge in [-0.15, -0.1) is 0 Å². The first-order valence-electron chi connectivity index (χ1n) is 4.62. The van der Waals surface area contributed by atoms with E-state index in [1.165, 1.54) is 5.56 Å². The van der Waals surface area contributed by atoms with Crippen molar-refractivity contribution in [3.63, 3.8) is 0 Å². The van der Waals surface area contributed by atoms with Gasteiger partial charge in [-0.3, -0.25) is 0 Å². The quantitative estimate of drug-likeness (QED) is 0.719. The highest BCUT2D eigenvalue weighted by atomic mass is 35.5. The fourth-order valence-corrected chi connectivity index (χ4v) is 1.70. The standard InChI is InChI=1S/C12H11ClO/c1-2-9-7-14-8-12(9)10-4-3-5-11(13)6-10/h3-8H,2H2,1H3. The van der Waals surface area contributed by atoms with Gasteiger partial charge in [-0.25, -0.2) is 0 Å². The summed E-state index contributed by atoms with van der Waals surface area (Å²) in [6.07, 6.45) is 4.53. The van der Waals surface area contributed by atoms with Crippen LogP contribution in [0.5, 0.6) is 0 Å². The Kier molecular flexibility index (Phi) is 2.60. The molecule has 0 aliphatic heterocycles. The van der Waals surface area contributed by atoms with Gasteiger partial charge < -0.3 is 4.42 Å². The molecule has 2 aromatic rings. The number of benzene rings is 1. The van der Waals surface area contributed by atoms with E-state index < -0.39 is 0 Å². The SMILES string of the molecule is CCc1cocc1-c1cccc(Cl)c1. The van der Waals surface area contributed by atoms with Crippen LogP contribution < -0.4 is 0 Å². The molecule has 2 rings (SSSR count). The molecule has 0 bridgehead atoms. The minimum Gasteiger partial charge on any atom is -0.472 e. The molecule has 0 unspecified atom stereocenters. The van der Waals surface area contributed by atoms with Crippen LogP contribution in [0.15, 0.2) is 41.2 Å². The summed E-state index contributed by atoms with van der Waals surface area (Å²) >= 11 is 5.93. The molecule has 0 aliphatic carbocycles. The zero-order valence-corrected chi connectivity index (χ0v) is 8.71. The predicted octanol–water partition coefficient (Wildman–Crippen LogP) is 4.16. The maximum Gasteiger partial charge on any atom is 0.0983 e. The van der Waals surface area contributed by atoms with Gasteiger partial charge in [0.15, 0.2) is 0 Å². The van der Waals surface area contributed by atoms with Gasteiger partial charge in [0.1, 0.15) is 0 Å². The van der Waals surface area contributed by atoms with Crippen molar-refractivity contribution in [2.45, 2.75) is 13.3 Å². The lowest BCUT2D eigenvalue weighted by Gasteiger charge is -2.00. The van der Waals surface area contributed by atoms with E-state index in [4.69, 9.17) is 16.0 Å². The third-order valence-electron chi connectivity index (χ3n) is 2.26. The summed E-state index contributed by atoms with van der Waals surface area (Å²) in [5.74, 6) is 0. The predicted molar refractivity (Wildman–Crippen MR) is 58.5 cm³/mol. The van der Waals surface area contributed by atoms with Crippen LogP contribution in [-0.4, -0.2) is 0 Å². The van der Waals surface area contributed by atoms with Crippen molar-refractivity contribution < 1.29 is 4.42 Å². The van der Waals surface area contributed by atoms with Crippen molar-refractivity contribution in [3.8, 4) is 11.1 Å². The van der Waals surface area contributed by atoms with Crippen LogP contribution in [0.1, 0.15) is 12.5 Å². The Morgan fingerprint density at radius 1 is 1.29 bits per heavy atom. The lowest BCUT2D eigenvalue weighted by Crippen LogP contribution is -1.81. The number of halogens is 1. The van der Waals surface area contributed by atoms with E-state index in [1.807, 2.05) is 24.3 Å². The summed E-state index contributed by atoms with van der Waals surface area (Å²) in [6.45, 7) is 2.11. The van der Waals surface area contributed by atoms with E-state index in [0.29, 0.717) is 0 Å². The second kappa shape index (κ2) is 3.89. The average molecular weight is 207 g/mol. The Morgan fingerprint density at radius 3 is 2.86 bits per heavy atom. The van der Waals surface area contributed by atoms with Gasteiger partial charge in [-0.1, -0.05) is 30.7 Å². The zero-order chi connectivity index (χ0) is 9.97. The summed E-state index contributed by atoms with van der Waals surface area (Å²) in [7, 11) is 0. The van der Waals surface area contributed by atoms with Crippen molar-refractivity contribution in [2.75, 3.05) is 0 Å².